The van der Waals surface area contributed by atoms with Crippen LogP contribution in [0.3, 0.4) is 0 Å². The lowest BCUT2D eigenvalue weighted by molar-refractivity contribution is -0.383. The molecule has 8 heteroatoms. The molecule has 1 aromatic rings. The smallest absolute Gasteiger partial charge is 0.346 e. The van der Waals surface area contributed by atoms with Crippen LogP contribution in [-0.2, 0) is 4.74 Å². The summed E-state index contributed by atoms with van der Waals surface area (Å²) in [4.78, 5) is 20.8. The van der Waals surface area contributed by atoms with Crippen LogP contribution in [0, 0.1) is 10.1 Å². The van der Waals surface area contributed by atoms with Gasteiger partial charge in [0.25, 0.3) is 0 Å². The lowest BCUT2D eigenvalue weighted by Gasteiger charge is -2.26. The monoisotopic (exact) mass is 258 g/mol. The van der Waals surface area contributed by atoms with Crippen molar-refractivity contribution < 1.29 is 19.6 Å². The van der Waals surface area contributed by atoms with Gasteiger partial charge in [-0.15, -0.1) is 11.3 Å². The number of aromatic carboxylic acids is 1. The van der Waals surface area contributed by atoms with Crippen molar-refractivity contribution in [2.45, 2.75) is 12.5 Å². The van der Waals surface area contributed by atoms with Crippen molar-refractivity contribution in [2.24, 2.45) is 0 Å². The van der Waals surface area contributed by atoms with E-state index < -0.39 is 10.9 Å². The highest BCUT2D eigenvalue weighted by molar-refractivity contribution is 7.18. The van der Waals surface area contributed by atoms with Gasteiger partial charge in [-0.05, 0) is 6.42 Å². The van der Waals surface area contributed by atoms with Crippen molar-refractivity contribution in [1.82, 2.24) is 0 Å². The van der Waals surface area contributed by atoms with Gasteiger partial charge in [0.15, 0.2) is 5.00 Å². The standard InChI is InChI=1S/C9H10N2O5S/c12-9(13)7-3-6(11(14)15)8(17-7)10-4-5-1-2-16-5/h3,5,10H,1-2,4H2,(H,12,13)/t5-/m0/s1. The Kier molecular flexibility index (Phi) is 3.25. The number of carboxylic acids is 1. The number of nitro groups is 1. The summed E-state index contributed by atoms with van der Waals surface area (Å²) in [5, 5.41) is 22.6. The van der Waals surface area contributed by atoms with Gasteiger partial charge in [0.05, 0.1) is 11.0 Å². The molecule has 92 valence electrons. The van der Waals surface area contributed by atoms with Gasteiger partial charge in [-0.25, -0.2) is 4.79 Å². The third-order valence-corrected chi connectivity index (χ3v) is 3.47. The molecule has 0 radical (unpaired) electrons. The molecule has 1 aliphatic heterocycles. The van der Waals surface area contributed by atoms with Crippen molar-refractivity contribution in [3.63, 3.8) is 0 Å². The number of anilines is 1. The second-order valence-electron chi connectivity index (χ2n) is 3.55. The molecule has 1 fully saturated rings. The number of hydrogen-bond acceptors (Lipinski definition) is 6. The SMILES string of the molecule is O=C(O)c1cc([N+](=O)[O-])c(NC[C@@H]2CCO2)s1. The maximum Gasteiger partial charge on any atom is 0.346 e. The summed E-state index contributed by atoms with van der Waals surface area (Å²) in [7, 11) is 0. The second kappa shape index (κ2) is 4.68. The number of nitrogens with one attached hydrogen (secondary N) is 1. The van der Waals surface area contributed by atoms with Crippen LogP contribution in [0.15, 0.2) is 6.07 Å². The molecule has 17 heavy (non-hydrogen) atoms. The Hall–Kier alpha value is -1.67. The number of rotatable bonds is 5. The first-order valence-electron chi connectivity index (χ1n) is 4.95. The Morgan fingerprint density at radius 3 is 2.94 bits per heavy atom. The zero-order chi connectivity index (χ0) is 12.4. The van der Waals surface area contributed by atoms with Crippen LogP contribution in [0.4, 0.5) is 10.7 Å². The van der Waals surface area contributed by atoms with Gasteiger partial charge in [0.2, 0.25) is 0 Å². The van der Waals surface area contributed by atoms with E-state index in [2.05, 4.69) is 5.32 Å². The summed E-state index contributed by atoms with van der Waals surface area (Å²) in [5.74, 6) is -1.16. The van der Waals surface area contributed by atoms with Gasteiger partial charge < -0.3 is 15.2 Å². The Bertz CT molecular complexity index is 454. The van der Waals surface area contributed by atoms with Gasteiger partial charge in [-0.3, -0.25) is 10.1 Å². The van der Waals surface area contributed by atoms with E-state index in [1.54, 1.807) is 0 Å². The molecule has 0 aliphatic carbocycles. The summed E-state index contributed by atoms with van der Waals surface area (Å²) < 4.78 is 5.16. The van der Waals surface area contributed by atoms with E-state index in [0.717, 1.165) is 23.8 Å². The lowest BCUT2D eigenvalue weighted by atomic mass is 10.2. The molecule has 1 atom stereocenters. The van der Waals surface area contributed by atoms with E-state index in [9.17, 15) is 14.9 Å². The minimum absolute atomic E-state index is 0.0475. The van der Waals surface area contributed by atoms with Crippen LogP contribution in [-0.4, -0.2) is 35.3 Å². The summed E-state index contributed by atoms with van der Waals surface area (Å²) in [6.45, 7) is 1.17. The van der Waals surface area contributed by atoms with E-state index in [4.69, 9.17) is 9.84 Å². The normalized spacial score (nSPS) is 18.5. The van der Waals surface area contributed by atoms with E-state index in [1.807, 2.05) is 0 Å². The van der Waals surface area contributed by atoms with Crippen molar-refractivity contribution in [1.29, 1.82) is 0 Å². The molecule has 0 aromatic carbocycles. The molecule has 2 N–H and O–H groups in total. The zero-order valence-corrected chi connectivity index (χ0v) is 9.53. The van der Waals surface area contributed by atoms with E-state index >= 15 is 0 Å². The molecule has 1 saturated heterocycles. The van der Waals surface area contributed by atoms with Gasteiger partial charge in [0, 0.05) is 19.2 Å². The molecule has 7 nitrogen and oxygen atoms in total. The molecule has 0 amide bonds. The first kappa shape index (κ1) is 11.8. The van der Waals surface area contributed by atoms with Crippen LogP contribution in [0.2, 0.25) is 0 Å². The van der Waals surface area contributed by atoms with Gasteiger partial charge in [0.1, 0.15) is 4.88 Å². The highest BCUT2D eigenvalue weighted by Gasteiger charge is 2.24. The number of carboxylic acid groups (broad SMARTS) is 1. The van der Waals surface area contributed by atoms with Crippen molar-refractivity contribution in [2.75, 3.05) is 18.5 Å². The number of ether oxygens (including phenoxy) is 1. The summed E-state index contributed by atoms with van der Waals surface area (Å²) in [6, 6.07) is 1.07. The average molecular weight is 258 g/mol. The average Bonchev–Trinajstić information content (AvgIpc) is 2.59. The van der Waals surface area contributed by atoms with Crippen LogP contribution in [0.25, 0.3) is 0 Å². The van der Waals surface area contributed by atoms with E-state index in [-0.39, 0.29) is 21.7 Å². The third kappa shape index (κ3) is 2.53. The molecule has 0 unspecified atom stereocenters. The Balaban J connectivity index is 2.12. The van der Waals surface area contributed by atoms with E-state index in [0.29, 0.717) is 13.2 Å². The number of thiophene rings is 1. The molecular weight excluding hydrogens is 248 g/mol. The van der Waals surface area contributed by atoms with Crippen LogP contribution in [0.5, 0.6) is 0 Å². The highest BCUT2D eigenvalue weighted by Crippen LogP contribution is 2.34. The summed E-state index contributed by atoms with van der Waals surface area (Å²) in [5.41, 5.74) is -0.202. The third-order valence-electron chi connectivity index (χ3n) is 2.40. The predicted molar refractivity (Wildman–Crippen MR) is 60.8 cm³/mol. The number of hydrogen-bond donors (Lipinski definition) is 2. The second-order valence-corrected chi connectivity index (χ2v) is 4.60. The quantitative estimate of drug-likeness (QED) is 0.613. The molecule has 1 aromatic heterocycles. The predicted octanol–water partition coefficient (Wildman–Crippen LogP) is 1.56. The van der Waals surface area contributed by atoms with Crippen molar-refractivity contribution in [3.8, 4) is 0 Å². The fourth-order valence-corrected chi connectivity index (χ4v) is 2.27. The van der Waals surface area contributed by atoms with Crippen molar-refractivity contribution >= 4 is 28.0 Å². The number of nitrogens with zero attached hydrogens (tertiary/aromatic N) is 1. The summed E-state index contributed by atoms with van der Waals surface area (Å²) >= 11 is 0.865. The molecule has 0 saturated carbocycles. The minimum atomic E-state index is -1.16. The van der Waals surface area contributed by atoms with Crippen molar-refractivity contribution in [3.05, 3.63) is 21.1 Å². The van der Waals surface area contributed by atoms with Crippen LogP contribution < -0.4 is 5.32 Å². The molecule has 2 rings (SSSR count). The van der Waals surface area contributed by atoms with Crippen LogP contribution in [0.1, 0.15) is 16.1 Å². The molecule has 2 heterocycles. The molecular formula is C9H10N2O5S. The fourth-order valence-electron chi connectivity index (χ4n) is 1.40. The van der Waals surface area contributed by atoms with Gasteiger partial charge >= 0.3 is 11.7 Å². The highest BCUT2D eigenvalue weighted by atomic mass is 32.1. The maximum atomic E-state index is 10.7. The largest absolute Gasteiger partial charge is 0.477 e. The zero-order valence-electron chi connectivity index (χ0n) is 8.71. The van der Waals surface area contributed by atoms with Gasteiger partial charge in [-0.1, -0.05) is 0 Å². The Labute approximate surface area is 100 Å². The minimum Gasteiger partial charge on any atom is -0.477 e. The molecule has 0 bridgehead atoms. The Morgan fingerprint density at radius 2 is 2.47 bits per heavy atom. The maximum absolute atomic E-state index is 10.7. The molecule has 0 spiro atoms. The van der Waals surface area contributed by atoms with Gasteiger partial charge in [-0.2, -0.15) is 0 Å². The first-order chi connectivity index (χ1) is 8.08. The fraction of sp³-hybridized carbons (Fsp3) is 0.444. The first-order valence-corrected chi connectivity index (χ1v) is 5.76. The Morgan fingerprint density at radius 1 is 1.76 bits per heavy atom. The van der Waals surface area contributed by atoms with Crippen LogP contribution >= 0.6 is 11.3 Å². The lowest BCUT2D eigenvalue weighted by Crippen LogP contribution is -2.33. The summed E-state index contributed by atoms with van der Waals surface area (Å²) in [6.07, 6.45) is 0.975. The van der Waals surface area contributed by atoms with E-state index in [1.165, 1.54) is 0 Å². The number of carbonyl (C=O) groups is 1. The topological polar surface area (TPSA) is 102 Å². The molecule has 1 aliphatic rings.